The summed E-state index contributed by atoms with van der Waals surface area (Å²) in [5.74, 6) is 0. The first-order valence-electron chi connectivity index (χ1n) is 16.7. The van der Waals surface area contributed by atoms with Crippen molar-refractivity contribution in [3.63, 3.8) is 0 Å². The second-order valence-electron chi connectivity index (χ2n) is 13.2. The number of rotatable bonds is 3. The monoisotopic (exact) mass is 644 g/mol. The normalized spacial score (nSPS) is 11.5. The summed E-state index contributed by atoms with van der Waals surface area (Å²) in [4.78, 5) is 3.61. The van der Waals surface area contributed by atoms with Crippen molar-refractivity contribution < 1.29 is 0 Å². The fourth-order valence-corrected chi connectivity index (χ4v) is 7.76. The number of benzene rings is 8. The molecule has 4 heteroatoms. The average Bonchev–Trinajstić information content (AvgIpc) is 3.69. The molecule has 0 aliphatic carbocycles. The zero-order valence-electron chi connectivity index (χ0n) is 27.1. The van der Waals surface area contributed by atoms with E-state index in [1.54, 1.807) is 0 Å². The first kappa shape index (κ1) is 28.6. The Kier molecular flexibility index (Phi) is 6.04. The lowest BCUT2D eigenvalue weighted by Crippen LogP contribution is -1.85. The van der Waals surface area contributed by atoms with Crippen molar-refractivity contribution in [2.75, 3.05) is 0 Å². The number of fused-ring (bicyclic) bond motifs is 8. The summed E-state index contributed by atoms with van der Waals surface area (Å²) in [6.45, 7) is 7.44. The topological polar surface area (TPSA) is 56.4 Å². The smallest absolute Gasteiger partial charge is 0.187 e. The van der Waals surface area contributed by atoms with Crippen molar-refractivity contribution in [3.8, 4) is 45.5 Å². The summed E-state index contributed by atoms with van der Waals surface area (Å²) in [6, 6.07) is 54.9. The predicted octanol–water partition coefficient (Wildman–Crippen LogP) is 12.4. The third-order valence-corrected chi connectivity index (χ3v) is 10.3. The van der Waals surface area contributed by atoms with Gasteiger partial charge in [0.15, 0.2) is 5.69 Å². The van der Waals surface area contributed by atoms with Gasteiger partial charge in [-0.2, -0.15) is 10.5 Å². The fourth-order valence-electron chi connectivity index (χ4n) is 7.76. The molecule has 0 radical (unpaired) electrons. The Bertz CT molecular complexity index is 3000. The summed E-state index contributed by atoms with van der Waals surface area (Å²) in [7, 11) is 0. The van der Waals surface area contributed by atoms with E-state index in [0.29, 0.717) is 16.8 Å². The molecule has 0 fully saturated rings. The molecule has 232 valence electrons. The van der Waals surface area contributed by atoms with Gasteiger partial charge in [-0.25, -0.2) is 4.85 Å². The Morgan fingerprint density at radius 1 is 0.412 bits per heavy atom. The van der Waals surface area contributed by atoms with E-state index in [4.69, 9.17) is 6.57 Å². The molecule has 0 bridgehead atoms. The summed E-state index contributed by atoms with van der Waals surface area (Å²) in [5.41, 5.74) is 12.0. The molecule has 2 heterocycles. The van der Waals surface area contributed by atoms with Crippen LogP contribution in [0.1, 0.15) is 11.1 Å². The molecule has 0 atom stereocenters. The third kappa shape index (κ3) is 4.37. The van der Waals surface area contributed by atoms with Gasteiger partial charge in [-0.05, 0) is 128 Å². The number of hydrogen-bond donors (Lipinski definition) is 0. The van der Waals surface area contributed by atoms with Crippen molar-refractivity contribution in [2.24, 2.45) is 0 Å². The molecule has 0 amide bonds. The maximum Gasteiger partial charge on any atom is 0.187 e. The third-order valence-electron chi connectivity index (χ3n) is 10.3. The molecule has 0 N–H and O–H groups in total. The van der Waals surface area contributed by atoms with E-state index in [-0.39, 0.29) is 0 Å². The average molecular weight is 645 g/mol. The van der Waals surface area contributed by atoms with E-state index in [1.807, 2.05) is 72.8 Å². The van der Waals surface area contributed by atoms with Crippen molar-refractivity contribution in [1.82, 2.24) is 4.40 Å². The summed E-state index contributed by atoms with van der Waals surface area (Å²) >= 11 is 0. The SMILES string of the molecule is [C-]#[N+]c1ccc(-c2cc3c4cc5ccc(-c6ccc(C#N)cc6)cc5cc4n4c5cc6cc(-c7ccc(C#N)cc7)ccc6cc5c(c2)c34)cc1. The number of nitriles is 2. The highest BCUT2D eigenvalue weighted by molar-refractivity contribution is 6.27. The number of nitrogens with zero attached hydrogens (tertiary/aromatic N) is 4. The van der Waals surface area contributed by atoms with Gasteiger partial charge in [0.05, 0.1) is 46.4 Å². The van der Waals surface area contributed by atoms with Crippen LogP contribution in [0.3, 0.4) is 0 Å². The summed E-state index contributed by atoms with van der Waals surface area (Å²) < 4.78 is 2.43. The standard InChI is InChI=1S/C47H24N4/c1-50-40-16-14-32(15-17-40)39-22-43-41-20-35-12-10-33(30-6-2-28(26-48)3-7-30)18-37(35)24-45(41)51-46-25-38-19-34(31-8-4-29(27-49)5-9-31)11-13-36(38)21-42(46)44(23-39)47(43)51/h2-25H. The van der Waals surface area contributed by atoms with Crippen molar-refractivity contribution in [3.05, 3.63) is 168 Å². The van der Waals surface area contributed by atoms with Crippen LogP contribution in [-0.2, 0) is 0 Å². The lowest BCUT2D eigenvalue weighted by Gasteiger charge is -2.08. The van der Waals surface area contributed by atoms with Crippen molar-refractivity contribution >= 4 is 65.3 Å². The van der Waals surface area contributed by atoms with Crippen LogP contribution >= 0.6 is 0 Å². The molecule has 4 nitrogen and oxygen atoms in total. The zero-order valence-corrected chi connectivity index (χ0v) is 27.1. The molecule has 0 spiro atoms. The molecule has 0 aliphatic heterocycles. The molecule has 10 rings (SSSR count). The van der Waals surface area contributed by atoms with Crippen molar-refractivity contribution in [2.45, 2.75) is 0 Å². The highest BCUT2D eigenvalue weighted by Crippen LogP contribution is 2.44. The zero-order chi connectivity index (χ0) is 34.2. The number of hydrogen-bond acceptors (Lipinski definition) is 2. The van der Waals surface area contributed by atoms with Crippen molar-refractivity contribution in [1.29, 1.82) is 10.5 Å². The van der Waals surface area contributed by atoms with Crippen LogP contribution in [0.4, 0.5) is 5.69 Å². The van der Waals surface area contributed by atoms with E-state index in [2.05, 4.69) is 94.2 Å². The van der Waals surface area contributed by atoms with E-state index in [9.17, 15) is 10.5 Å². The van der Waals surface area contributed by atoms with Gasteiger partial charge in [-0.3, -0.25) is 0 Å². The molecule has 0 saturated carbocycles. The van der Waals surface area contributed by atoms with Gasteiger partial charge in [0.25, 0.3) is 0 Å². The maximum atomic E-state index is 9.30. The number of aromatic nitrogens is 1. The maximum absolute atomic E-state index is 9.30. The molecular weight excluding hydrogens is 621 g/mol. The minimum atomic E-state index is 0.630. The highest BCUT2D eigenvalue weighted by Gasteiger charge is 2.20. The van der Waals surface area contributed by atoms with E-state index in [1.165, 1.54) is 37.8 Å². The van der Waals surface area contributed by atoms with E-state index >= 15 is 0 Å². The Labute approximate surface area is 293 Å². The Balaban J connectivity index is 1.26. The van der Waals surface area contributed by atoms with Crippen LogP contribution in [0.2, 0.25) is 0 Å². The molecule has 51 heavy (non-hydrogen) atoms. The Morgan fingerprint density at radius 3 is 1.29 bits per heavy atom. The van der Waals surface area contributed by atoms with E-state index in [0.717, 1.165) is 55.2 Å². The largest absolute Gasteiger partial charge is 0.308 e. The Morgan fingerprint density at radius 2 is 0.843 bits per heavy atom. The van der Waals surface area contributed by atoms with Gasteiger partial charge in [-0.1, -0.05) is 72.8 Å². The van der Waals surface area contributed by atoms with Crippen LogP contribution < -0.4 is 0 Å². The first-order valence-corrected chi connectivity index (χ1v) is 16.7. The van der Waals surface area contributed by atoms with Crippen LogP contribution in [0, 0.1) is 29.2 Å². The minimum Gasteiger partial charge on any atom is -0.308 e. The van der Waals surface area contributed by atoms with Gasteiger partial charge in [0.1, 0.15) is 0 Å². The molecule has 10 aromatic rings. The van der Waals surface area contributed by atoms with Gasteiger partial charge in [-0.15, -0.1) is 0 Å². The lowest BCUT2D eigenvalue weighted by molar-refractivity contribution is 1.38. The van der Waals surface area contributed by atoms with Gasteiger partial charge in [0, 0.05) is 21.5 Å². The van der Waals surface area contributed by atoms with Crippen LogP contribution in [0.15, 0.2) is 146 Å². The molecular formula is C47H24N4. The second-order valence-corrected chi connectivity index (χ2v) is 13.2. The highest BCUT2D eigenvalue weighted by atomic mass is 14.9. The van der Waals surface area contributed by atoms with Gasteiger partial charge >= 0.3 is 0 Å². The van der Waals surface area contributed by atoms with Crippen LogP contribution in [0.5, 0.6) is 0 Å². The predicted molar refractivity (Wildman–Crippen MR) is 208 cm³/mol. The molecule has 0 unspecified atom stereocenters. The van der Waals surface area contributed by atoms with Crippen LogP contribution in [0.25, 0.3) is 97.9 Å². The Hall–Kier alpha value is -7.45. The van der Waals surface area contributed by atoms with E-state index < -0.39 is 0 Å². The molecule has 2 aromatic heterocycles. The molecule has 0 saturated heterocycles. The molecule has 0 aliphatic rings. The lowest BCUT2D eigenvalue weighted by atomic mass is 9.96. The second kappa shape index (κ2) is 10.8. The summed E-state index contributed by atoms with van der Waals surface area (Å²) in [6.07, 6.45) is 0. The summed E-state index contributed by atoms with van der Waals surface area (Å²) in [5, 5.41) is 28.0. The quantitative estimate of drug-likeness (QED) is 0.180. The fraction of sp³-hybridized carbons (Fsp3) is 0. The first-order chi connectivity index (χ1) is 25.1. The van der Waals surface area contributed by atoms with Gasteiger partial charge < -0.3 is 4.40 Å². The van der Waals surface area contributed by atoms with Crippen LogP contribution in [-0.4, -0.2) is 4.40 Å². The molecule has 8 aromatic carbocycles. The van der Waals surface area contributed by atoms with Gasteiger partial charge in [0.2, 0.25) is 0 Å². The minimum absolute atomic E-state index is 0.630.